The van der Waals surface area contributed by atoms with Crippen molar-refractivity contribution in [2.75, 3.05) is 20.2 Å². The standard InChI is InChI=1S/C20H21NO4/c1-24-17-11-9-16(10-12-17)20(23)25-18(15-7-3-2-4-8-15)19(22)21-13-5-6-14-21/h2-4,7-12,18H,5-6,13-14H2,1H3/t18-/m1/s1. The summed E-state index contributed by atoms with van der Waals surface area (Å²) in [4.78, 5) is 27.1. The number of rotatable bonds is 5. The van der Waals surface area contributed by atoms with Crippen LogP contribution in [0.15, 0.2) is 54.6 Å². The molecule has 1 amide bonds. The smallest absolute Gasteiger partial charge is 0.339 e. The van der Waals surface area contributed by atoms with E-state index >= 15 is 0 Å². The van der Waals surface area contributed by atoms with Crippen LogP contribution in [0.4, 0.5) is 0 Å². The molecule has 0 spiro atoms. The summed E-state index contributed by atoms with van der Waals surface area (Å²) in [6.07, 6.45) is 1.05. The van der Waals surface area contributed by atoms with Gasteiger partial charge in [-0.05, 0) is 37.1 Å². The minimum atomic E-state index is -0.922. The molecule has 0 saturated carbocycles. The lowest BCUT2D eigenvalue weighted by Gasteiger charge is -2.23. The molecule has 1 aliphatic heterocycles. The second-order valence-corrected chi connectivity index (χ2v) is 5.96. The van der Waals surface area contributed by atoms with E-state index in [2.05, 4.69) is 0 Å². The van der Waals surface area contributed by atoms with Gasteiger partial charge < -0.3 is 14.4 Å². The zero-order valence-corrected chi connectivity index (χ0v) is 14.2. The topological polar surface area (TPSA) is 55.8 Å². The summed E-state index contributed by atoms with van der Waals surface area (Å²) in [6.45, 7) is 1.42. The number of nitrogens with zero attached hydrogens (tertiary/aromatic N) is 1. The predicted octanol–water partition coefficient (Wildman–Crippen LogP) is 3.22. The zero-order valence-electron chi connectivity index (χ0n) is 14.2. The summed E-state index contributed by atoms with van der Waals surface area (Å²) < 4.78 is 10.7. The Balaban J connectivity index is 1.81. The Morgan fingerprint density at radius 3 is 2.20 bits per heavy atom. The van der Waals surface area contributed by atoms with Crippen molar-refractivity contribution >= 4 is 11.9 Å². The molecule has 1 fully saturated rings. The molecule has 1 aliphatic rings. The SMILES string of the molecule is COc1ccc(C(=O)O[C@@H](C(=O)N2CCCC2)c2ccccc2)cc1. The van der Waals surface area contributed by atoms with Gasteiger partial charge in [0.1, 0.15) is 5.75 Å². The second-order valence-electron chi connectivity index (χ2n) is 5.96. The summed E-state index contributed by atoms with van der Waals surface area (Å²) >= 11 is 0. The van der Waals surface area contributed by atoms with E-state index in [1.807, 2.05) is 18.2 Å². The van der Waals surface area contributed by atoms with E-state index in [4.69, 9.17) is 9.47 Å². The molecular weight excluding hydrogens is 318 g/mol. The summed E-state index contributed by atoms with van der Waals surface area (Å²) in [5.74, 6) is -0.0288. The highest BCUT2D eigenvalue weighted by Crippen LogP contribution is 2.24. The van der Waals surface area contributed by atoms with E-state index in [0.717, 1.165) is 12.8 Å². The second kappa shape index (κ2) is 7.83. The van der Waals surface area contributed by atoms with Crippen molar-refractivity contribution in [2.45, 2.75) is 18.9 Å². The van der Waals surface area contributed by atoms with Crippen molar-refractivity contribution in [1.82, 2.24) is 4.90 Å². The maximum Gasteiger partial charge on any atom is 0.339 e. The van der Waals surface area contributed by atoms with E-state index in [1.165, 1.54) is 0 Å². The molecule has 2 aromatic rings. The molecule has 1 heterocycles. The van der Waals surface area contributed by atoms with Gasteiger partial charge in [-0.2, -0.15) is 0 Å². The number of amides is 1. The van der Waals surface area contributed by atoms with Crippen LogP contribution in [0.2, 0.25) is 0 Å². The maximum absolute atomic E-state index is 12.8. The molecule has 0 bridgehead atoms. The number of benzene rings is 2. The van der Waals surface area contributed by atoms with E-state index in [9.17, 15) is 9.59 Å². The first-order chi connectivity index (χ1) is 12.2. The van der Waals surface area contributed by atoms with Gasteiger partial charge in [-0.25, -0.2) is 4.79 Å². The molecule has 1 saturated heterocycles. The van der Waals surface area contributed by atoms with Crippen LogP contribution in [0, 0.1) is 0 Å². The van der Waals surface area contributed by atoms with Gasteiger partial charge in [0.15, 0.2) is 0 Å². The van der Waals surface area contributed by atoms with Gasteiger partial charge in [0, 0.05) is 18.7 Å². The van der Waals surface area contributed by atoms with E-state index in [0.29, 0.717) is 30.0 Å². The van der Waals surface area contributed by atoms with Crippen LogP contribution in [0.25, 0.3) is 0 Å². The quantitative estimate of drug-likeness (QED) is 0.785. The van der Waals surface area contributed by atoms with E-state index < -0.39 is 12.1 Å². The third-order valence-electron chi connectivity index (χ3n) is 4.29. The molecule has 1 atom stereocenters. The summed E-state index contributed by atoms with van der Waals surface area (Å²) in [5, 5.41) is 0. The molecule has 5 heteroatoms. The highest BCUT2D eigenvalue weighted by Gasteiger charge is 2.31. The molecular formula is C20H21NO4. The van der Waals surface area contributed by atoms with Crippen LogP contribution >= 0.6 is 0 Å². The van der Waals surface area contributed by atoms with E-state index in [1.54, 1.807) is 48.4 Å². The molecule has 0 aromatic heterocycles. The fourth-order valence-corrected chi connectivity index (χ4v) is 2.89. The Bertz CT molecular complexity index is 721. The molecule has 130 valence electrons. The number of carbonyl (C=O) groups is 2. The van der Waals surface area contributed by atoms with Crippen molar-refractivity contribution in [3.05, 3.63) is 65.7 Å². The molecule has 0 radical (unpaired) electrons. The van der Waals surface area contributed by atoms with Gasteiger partial charge in [-0.1, -0.05) is 30.3 Å². The van der Waals surface area contributed by atoms with Gasteiger partial charge in [0.25, 0.3) is 5.91 Å². The van der Waals surface area contributed by atoms with Gasteiger partial charge in [-0.3, -0.25) is 4.79 Å². The molecule has 25 heavy (non-hydrogen) atoms. The first kappa shape index (κ1) is 17.0. The first-order valence-electron chi connectivity index (χ1n) is 8.38. The summed E-state index contributed by atoms with van der Waals surface area (Å²) in [5.41, 5.74) is 1.07. The van der Waals surface area contributed by atoms with Crippen LogP contribution in [-0.4, -0.2) is 37.0 Å². The fraction of sp³-hybridized carbons (Fsp3) is 0.300. The van der Waals surface area contributed by atoms with Crippen LogP contribution in [0.3, 0.4) is 0 Å². The highest BCUT2D eigenvalue weighted by atomic mass is 16.5. The Morgan fingerprint density at radius 1 is 0.960 bits per heavy atom. The summed E-state index contributed by atoms with van der Waals surface area (Å²) in [7, 11) is 1.56. The molecule has 5 nitrogen and oxygen atoms in total. The lowest BCUT2D eigenvalue weighted by Crippen LogP contribution is -2.34. The maximum atomic E-state index is 12.8. The molecule has 0 N–H and O–H groups in total. The van der Waals surface area contributed by atoms with E-state index in [-0.39, 0.29) is 5.91 Å². The Labute approximate surface area is 147 Å². The Morgan fingerprint density at radius 2 is 1.60 bits per heavy atom. The number of hydrogen-bond donors (Lipinski definition) is 0. The average Bonchev–Trinajstić information content (AvgIpc) is 3.21. The van der Waals surface area contributed by atoms with Crippen LogP contribution in [-0.2, 0) is 9.53 Å². The van der Waals surface area contributed by atoms with Gasteiger partial charge in [0.2, 0.25) is 6.10 Å². The van der Waals surface area contributed by atoms with Crippen molar-refractivity contribution in [3.8, 4) is 5.75 Å². The summed E-state index contributed by atoms with van der Waals surface area (Å²) in [6, 6.07) is 15.8. The Hall–Kier alpha value is -2.82. The fourth-order valence-electron chi connectivity index (χ4n) is 2.89. The average molecular weight is 339 g/mol. The number of likely N-dealkylation sites (tertiary alicyclic amines) is 1. The highest BCUT2D eigenvalue weighted by molar-refractivity contribution is 5.92. The normalized spacial score (nSPS) is 14.8. The lowest BCUT2D eigenvalue weighted by molar-refractivity contribution is -0.140. The molecule has 2 aromatic carbocycles. The van der Waals surface area contributed by atoms with Crippen molar-refractivity contribution in [3.63, 3.8) is 0 Å². The lowest BCUT2D eigenvalue weighted by atomic mass is 10.1. The van der Waals surface area contributed by atoms with Gasteiger partial charge >= 0.3 is 5.97 Å². The first-order valence-corrected chi connectivity index (χ1v) is 8.38. The third-order valence-corrected chi connectivity index (χ3v) is 4.29. The monoisotopic (exact) mass is 339 g/mol. The third kappa shape index (κ3) is 3.99. The van der Waals surface area contributed by atoms with Gasteiger partial charge in [-0.15, -0.1) is 0 Å². The molecule has 0 aliphatic carbocycles. The Kier molecular flexibility index (Phi) is 5.33. The van der Waals surface area contributed by atoms with Crippen molar-refractivity contribution < 1.29 is 19.1 Å². The molecule has 0 unspecified atom stereocenters. The zero-order chi connectivity index (χ0) is 17.6. The van der Waals surface area contributed by atoms with Gasteiger partial charge in [0.05, 0.1) is 12.7 Å². The number of ether oxygens (including phenoxy) is 2. The largest absolute Gasteiger partial charge is 0.497 e. The molecule has 3 rings (SSSR count). The minimum Gasteiger partial charge on any atom is -0.497 e. The van der Waals surface area contributed by atoms with Crippen molar-refractivity contribution in [1.29, 1.82) is 0 Å². The predicted molar refractivity (Wildman–Crippen MR) is 93.4 cm³/mol. The number of methoxy groups -OCH3 is 1. The minimum absolute atomic E-state index is 0.162. The number of carbonyl (C=O) groups excluding carboxylic acids is 2. The van der Waals surface area contributed by atoms with Crippen LogP contribution in [0.1, 0.15) is 34.9 Å². The number of esters is 1. The van der Waals surface area contributed by atoms with Crippen LogP contribution in [0.5, 0.6) is 5.75 Å². The number of hydrogen-bond acceptors (Lipinski definition) is 4. The van der Waals surface area contributed by atoms with Crippen LogP contribution < -0.4 is 4.74 Å². The van der Waals surface area contributed by atoms with Crippen molar-refractivity contribution in [2.24, 2.45) is 0 Å².